The highest BCUT2D eigenvalue weighted by Crippen LogP contribution is 2.28. The molecule has 0 fully saturated rings. The lowest BCUT2D eigenvalue weighted by Gasteiger charge is -2.21. The number of aromatic nitrogens is 1. The van der Waals surface area contributed by atoms with Crippen molar-refractivity contribution in [2.75, 3.05) is 0 Å². The Balaban J connectivity index is 2.39. The number of hydrogen-bond acceptors (Lipinski definition) is 2. The molecule has 0 bridgehead atoms. The van der Waals surface area contributed by atoms with Gasteiger partial charge < -0.3 is 5.73 Å². The van der Waals surface area contributed by atoms with Gasteiger partial charge in [0.25, 0.3) is 0 Å². The van der Waals surface area contributed by atoms with Crippen molar-refractivity contribution in [2.24, 2.45) is 5.73 Å². The van der Waals surface area contributed by atoms with Crippen molar-refractivity contribution < 1.29 is 0 Å². The van der Waals surface area contributed by atoms with Gasteiger partial charge in [0.2, 0.25) is 0 Å². The van der Waals surface area contributed by atoms with Crippen LogP contribution in [0.5, 0.6) is 0 Å². The Hall–Kier alpha value is -1.93. The SMILES string of the molecule is CC(C)(N)Cc1c2ccccc2nc2ccccc12. The molecule has 0 aliphatic heterocycles. The van der Waals surface area contributed by atoms with E-state index in [1.54, 1.807) is 0 Å². The van der Waals surface area contributed by atoms with Crippen LogP contribution in [0.2, 0.25) is 0 Å². The van der Waals surface area contributed by atoms with Crippen molar-refractivity contribution in [3.05, 3.63) is 54.1 Å². The molecule has 3 aromatic rings. The third-order valence-electron chi connectivity index (χ3n) is 3.33. The summed E-state index contributed by atoms with van der Waals surface area (Å²) in [4.78, 5) is 4.73. The van der Waals surface area contributed by atoms with Gasteiger partial charge in [0.15, 0.2) is 0 Å². The van der Waals surface area contributed by atoms with Gasteiger partial charge in [0.1, 0.15) is 0 Å². The number of benzene rings is 2. The van der Waals surface area contributed by atoms with Crippen molar-refractivity contribution in [3.8, 4) is 0 Å². The van der Waals surface area contributed by atoms with E-state index >= 15 is 0 Å². The molecule has 1 aromatic heterocycles. The Morgan fingerprint density at radius 2 is 1.37 bits per heavy atom. The van der Waals surface area contributed by atoms with Crippen LogP contribution in [0.3, 0.4) is 0 Å². The molecule has 0 spiro atoms. The molecule has 0 aliphatic carbocycles. The lowest BCUT2D eigenvalue weighted by molar-refractivity contribution is 0.520. The third kappa shape index (κ3) is 2.32. The monoisotopic (exact) mass is 250 g/mol. The van der Waals surface area contributed by atoms with Crippen molar-refractivity contribution in [3.63, 3.8) is 0 Å². The Morgan fingerprint density at radius 1 is 0.895 bits per heavy atom. The zero-order valence-electron chi connectivity index (χ0n) is 11.4. The summed E-state index contributed by atoms with van der Waals surface area (Å²) in [7, 11) is 0. The zero-order chi connectivity index (χ0) is 13.5. The fraction of sp³-hybridized carbons (Fsp3) is 0.235. The van der Waals surface area contributed by atoms with Gasteiger partial charge in [0.05, 0.1) is 11.0 Å². The quantitative estimate of drug-likeness (QED) is 0.705. The number of fused-ring (bicyclic) bond motifs is 2. The molecule has 3 rings (SSSR count). The standard InChI is InChI=1S/C17H18N2/c1-17(2,18)11-14-12-7-3-5-9-15(12)19-16-10-6-4-8-13(14)16/h3-10H,11,18H2,1-2H3. The van der Waals surface area contributed by atoms with Crippen LogP contribution >= 0.6 is 0 Å². The molecule has 0 saturated carbocycles. The summed E-state index contributed by atoms with van der Waals surface area (Å²) < 4.78 is 0. The van der Waals surface area contributed by atoms with Crippen LogP contribution in [0, 0.1) is 0 Å². The first-order valence-corrected chi connectivity index (χ1v) is 6.60. The van der Waals surface area contributed by atoms with Crippen molar-refractivity contribution in [1.82, 2.24) is 4.98 Å². The predicted molar refractivity (Wildman–Crippen MR) is 81.2 cm³/mol. The van der Waals surface area contributed by atoms with E-state index in [4.69, 9.17) is 10.7 Å². The second kappa shape index (κ2) is 4.32. The van der Waals surface area contributed by atoms with E-state index in [0.717, 1.165) is 17.5 Å². The zero-order valence-corrected chi connectivity index (χ0v) is 11.4. The van der Waals surface area contributed by atoms with Crippen molar-refractivity contribution >= 4 is 21.8 Å². The number of nitrogens with two attached hydrogens (primary N) is 1. The molecule has 2 aromatic carbocycles. The molecule has 1 heterocycles. The summed E-state index contributed by atoms with van der Waals surface area (Å²) in [5.41, 5.74) is 9.38. The number of pyridine rings is 1. The summed E-state index contributed by atoms with van der Waals surface area (Å²) in [5, 5.41) is 2.42. The van der Waals surface area contributed by atoms with E-state index in [9.17, 15) is 0 Å². The van der Waals surface area contributed by atoms with Crippen LogP contribution in [0.1, 0.15) is 19.4 Å². The maximum Gasteiger partial charge on any atom is 0.0712 e. The number of nitrogens with zero attached hydrogens (tertiary/aromatic N) is 1. The summed E-state index contributed by atoms with van der Waals surface area (Å²) in [5.74, 6) is 0. The molecule has 0 saturated heterocycles. The maximum absolute atomic E-state index is 6.23. The van der Waals surface area contributed by atoms with Gasteiger partial charge in [-0.3, -0.25) is 0 Å². The summed E-state index contributed by atoms with van der Waals surface area (Å²) >= 11 is 0. The number of para-hydroxylation sites is 2. The Kier molecular flexibility index (Phi) is 2.76. The highest BCUT2D eigenvalue weighted by Gasteiger charge is 2.16. The van der Waals surface area contributed by atoms with Gasteiger partial charge >= 0.3 is 0 Å². The van der Waals surface area contributed by atoms with Crippen LogP contribution in [0.4, 0.5) is 0 Å². The molecule has 0 aliphatic rings. The first-order valence-electron chi connectivity index (χ1n) is 6.60. The first kappa shape index (κ1) is 12.1. The minimum absolute atomic E-state index is 0.229. The fourth-order valence-corrected chi connectivity index (χ4v) is 2.57. The highest BCUT2D eigenvalue weighted by molar-refractivity contribution is 5.97. The van der Waals surface area contributed by atoms with Crippen molar-refractivity contribution in [2.45, 2.75) is 25.8 Å². The Morgan fingerprint density at radius 3 is 1.84 bits per heavy atom. The van der Waals surface area contributed by atoms with Crippen LogP contribution in [-0.2, 0) is 6.42 Å². The molecule has 2 heteroatoms. The van der Waals surface area contributed by atoms with E-state index in [2.05, 4.69) is 50.2 Å². The molecule has 2 nitrogen and oxygen atoms in total. The molecular formula is C17H18N2. The van der Waals surface area contributed by atoms with Gasteiger partial charge in [-0.25, -0.2) is 4.98 Å². The molecule has 0 radical (unpaired) electrons. The summed E-state index contributed by atoms with van der Waals surface area (Å²) in [6.45, 7) is 4.13. The fourth-order valence-electron chi connectivity index (χ4n) is 2.57. The van der Waals surface area contributed by atoms with E-state index in [-0.39, 0.29) is 5.54 Å². The number of hydrogen-bond donors (Lipinski definition) is 1. The molecule has 19 heavy (non-hydrogen) atoms. The number of rotatable bonds is 2. The van der Waals surface area contributed by atoms with Gasteiger partial charge in [-0.2, -0.15) is 0 Å². The highest BCUT2D eigenvalue weighted by atomic mass is 14.7. The van der Waals surface area contributed by atoms with Crippen LogP contribution in [0.15, 0.2) is 48.5 Å². The van der Waals surface area contributed by atoms with E-state index in [1.807, 2.05) is 12.1 Å². The minimum atomic E-state index is -0.229. The molecule has 2 N–H and O–H groups in total. The maximum atomic E-state index is 6.23. The Bertz CT molecular complexity index is 685. The third-order valence-corrected chi connectivity index (χ3v) is 3.33. The van der Waals surface area contributed by atoms with Gasteiger partial charge in [0, 0.05) is 16.3 Å². The topological polar surface area (TPSA) is 38.9 Å². The first-order chi connectivity index (χ1) is 9.04. The van der Waals surface area contributed by atoms with Gasteiger partial charge in [-0.15, -0.1) is 0 Å². The average molecular weight is 250 g/mol. The lowest BCUT2D eigenvalue weighted by atomic mass is 9.91. The molecule has 0 atom stereocenters. The second-order valence-electron chi connectivity index (χ2n) is 5.79. The van der Waals surface area contributed by atoms with Crippen molar-refractivity contribution in [1.29, 1.82) is 0 Å². The molecular weight excluding hydrogens is 232 g/mol. The molecule has 96 valence electrons. The predicted octanol–water partition coefficient (Wildman–Crippen LogP) is 3.67. The smallest absolute Gasteiger partial charge is 0.0712 e. The lowest BCUT2D eigenvalue weighted by Crippen LogP contribution is -2.34. The van der Waals surface area contributed by atoms with Crippen LogP contribution < -0.4 is 5.73 Å². The van der Waals surface area contributed by atoms with Gasteiger partial charge in [-0.05, 0) is 38.0 Å². The van der Waals surface area contributed by atoms with E-state index in [1.165, 1.54) is 16.3 Å². The second-order valence-corrected chi connectivity index (χ2v) is 5.79. The normalized spacial score (nSPS) is 12.2. The van der Waals surface area contributed by atoms with E-state index < -0.39 is 0 Å². The van der Waals surface area contributed by atoms with Gasteiger partial charge in [-0.1, -0.05) is 36.4 Å². The summed E-state index contributed by atoms with van der Waals surface area (Å²) in [6, 6.07) is 16.6. The minimum Gasteiger partial charge on any atom is -0.325 e. The molecule has 0 unspecified atom stereocenters. The van der Waals surface area contributed by atoms with Crippen LogP contribution in [-0.4, -0.2) is 10.5 Å². The Labute approximate surface area is 113 Å². The van der Waals surface area contributed by atoms with E-state index in [0.29, 0.717) is 0 Å². The summed E-state index contributed by atoms with van der Waals surface area (Å²) in [6.07, 6.45) is 0.844. The molecule has 0 amide bonds. The van der Waals surface area contributed by atoms with Crippen LogP contribution in [0.25, 0.3) is 21.8 Å². The largest absolute Gasteiger partial charge is 0.325 e. The average Bonchev–Trinajstić information content (AvgIpc) is 2.37.